The number of hydrogen-bond donors (Lipinski definition) is 0. The quantitative estimate of drug-likeness (QED) is 0.504. The van der Waals surface area contributed by atoms with Gasteiger partial charge < -0.3 is 19.0 Å². The predicted octanol–water partition coefficient (Wildman–Crippen LogP) is 3.34. The van der Waals surface area contributed by atoms with Crippen molar-refractivity contribution in [3.8, 4) is 6.07 Å². The van der Waals surface area contributed by atoms with Gasteiger partial charge in [0.1, 0.15) is 6.04 Å². The fourth-order valence-electron chi connectivity index (χ4n) is 3.96. The van der Waals surface area contributed by atoms with Gasteiger partial charge in [-0.25, -0.2) is 4.79 Å². The molecule has 1 aromatic heterocycles. The first kappa shape index (κ1) is 22.8. The standard InChI is InChI=1S/C26H23N3O5/c27-13-7-14-28(21-10-2-1-3-11-21)24(30)18-34-26(32)22-16-19-8-4-5-9-20(19)17-29(22)25(31)23-12-6-15-33-23/h1-6,8-12,15,22H,7,14,16-18H2/t22-/m1/s1. The molecule has 0 fully saturated rings. The number of amides is 2. The average Bonchev–Trinajstić information content (AvgIpc) is 3.42. The van der Waals surface area contributed by atoms with Crippen molar-refractivity contribution in [3.63, 3.8) is 0 Å². The molecule has 8 heteroatoms. The summed E-state index contributed by atoms with van der Waals surface area (Å²) in [4.78, 5) is 41.9. The summed E-state index contributed by atoms with van der Waals surface area (Å²) in [7, 11) is 0. The molecule has 0 saturated heterocycles. The Morgan fingerprint density at radius 3 is 2.47 bits per heavy atom. The number of rotatable bonds is 7. The molecule has 1 aliphatic rings. The monoisotopic (exact) mass is 457 g/mol. The van der Waals surface area contributed by atoms with E-state index in [0.717, 1.165) is 11.1 Å². The van der Waals surface area contributed by atoms with E-state index in [4.69, 9.17) is 14.4 Å². The first-order valence-electron chi connectivity index (χ1n) is 10.9. The number of hydrogen-bond acceptors (Lipinski definition) is 6. The van der Waals surface area contributed by atoms with Crippen LogP contribution in [0, 0.1) is 11.3 Å². The highest BCUT2D eigenvalue weighted by molar-refractivity contribution is 5.97. The zero-order chi connectivity index (χ0) is 23.9. The fraction of sp³-hybridized carbons (Fsp3) is 0.231. The molecule has 0 radical (unpaired) electrons. The third-order valence-electron chi connectivity index (χ3n) is 5.67. The Bertz CT molecular complexity index is 1200. The molecule has 0 unspecified atom stereocenters. The van der Waals surface area contributed by atoms with Crippen LogP contribution in [0.1, 0.15) is 28.1 Å². The van der Waals surface area contributed by atoms with Crippen LogP contribution in [-0.4, -0.2) is 41.9 Å². The summed E-state index contributed by atoms with van der Waals surface area (Å²) >= 11 is 0. The lowest BCUT2D eigenvalue weighted by molar-refractivity contribution is -0.153. The van der Waals surface area contributed by atoms with Crippen LogP contribution < -0.4 is 4.90 Å². The topological polar surface area (TPSA) is 104 Å². The zero-order valence-electron chi connectivity index (χ0n) is 18.4. The van der Waals surface area contributed by atoms with Gasteiger partial charge in [0.15, 0.2) is 12.4 Å². The SMILES string of the molecule is N#CCCN(C(=O)COC(=O)[C@H]1Cc2ccccc2CN1C(=O)c1ccco1)c1ccccc1. The van der Waals surface area contributed by atoms with Crippen molar-refractivity contribution in [1.29, 1.82) is 5.26 Å². The summed E-state index contributed by atoms with van der Waals surface area (Å²) in [6.07, 6.45) is 1.81. The van der Waals surface area contributed by atoms with Crippen LogP contribution in [0.3, 0.4) is 0 Å². The Kier molecular flexibility index (Phi) is 7.04. The number of fused-ring (bicyclic) bond motifs is 1. The summed E-state index contributed by atoms with van der Waals surface area (Å²) in [5, 5.41) is 8.95. The van der Waals surface area contributed by atoms with Crippen LogP contribution in [0.2, 0.25) is 0 Å². The number of ether oxygens (including phenoxy) is 1. The maximum Gasteiger partial charge on any atom is 0.329 e. The van der Waals surface area contributed by atoms with Crippen molar-refractivity contribution in [2.24, 2.45) is 0 Å². The van der Waals surface area contributed by atoms with Crippen molar-refractivity contribution in [3.05, 3.63) is 89.9 Å². The third kappa shape index (κ3) is 4.99. The third-order valence-corrected chi connectivity index (χ3v) is 5.67. The van der Waals surface area contributed by atoms with Gasteiger partial charge in [0, 0.05) is 25.2 Å². The lowest BCUT2D eigenvalue weighted by atomic mass is 9.93. The van der Waals surface area contributed by atoms with E-state index in [9.17, 15) is 14.4 Å². The minimum absolute atomic E-state index is 0.125. The van der Waals surface area contributed by atoms with E-state index in [-0.39, 0.29) is 31.7 Å². The van der Waals surface area contributed by atoms with Gasteiger partial charge >= 0.3 is 5.97 Å². The fourth-order valence-corrected chi connectivity index (χ4v) is 3.96. The number of carbonyl (C=O) groups is 3. The smallest absolute Gasteiger partial charge is 0.329 e. The minimum atomic E-state index is -0.899. The predicted molar refractivity (Wildman–Crippen MR) is 122 cm³/mol. The Balaban J connectivity index is 1.50. The van der Waals surface area contributed by atoms with E-state index < -0.39 is 30.4 Å². The molecule has 1 atom stereocenters. The molecular formula is C26H23N3O5. The number of nitriles is 1. The van der Waals surface area contributed by atoms with Crippen LogP contribution >= 0.6 is 0 Å². The Morgan fingerprint density at radius 1 is 1.03 bits per heavy atom. The molecule has 2 aromatic carbocycles. The number of nitrogens with zero attached hydrogens (tertiary/aromatic N) is 3. The summed E-state index contributed by atoms with van der Waals surface area (Å²) < 4.78 is 10.7. The molecule has 2 amide bonds. The number of furan rings is 1. The van der Waals surface area contributed by atoms with Gasteiger partial charge in [-0.2, -0.15) is 5.26 Å². The summed E-state index contributed by atoms with van der Waals surface area (Å²) in [5.41, 5.74) is 2.49. The summed E-state index contributed by atoms with van der Waals surface area (Å²) in [6.45, 7) is -0.0986. The van der Waals surface area contributed by atoms with E-state index in [1.54, 1.807) is 36.4 Å². The summed E-state index contributed by atoms with van der Waals surface area (Å²) in [5.74, 6) is -1.42. The van der Waals surface area contributed by atoms with E-state index in [1.807, 2.05) is 36.4 Å². The molecule has 172 valence electrons. The Hall–Kier alpha value is -4.38. The van der Waals surface area contributed by atoms with Gasteiger partial charge in [-0.1, -0.05) is 42.5 Å². The molecule has 34 heavy (non-hydrogen) atoms. The highest BCUT2D eigenvalue weighted by atomic mass is 16.5. The lowest BCUT2D eigenvalue weighted by Crippen LogP contribution is -2.50. The largest absolute Gasteiger partial charge is 0.459 e. The van der Waals surface area contributed by atoms with Gasteiger partial charge in [0.25, 0.3) is 11.8 Å². The molecule has 2 heterocycles. The molecule has 0 saturated carbocycles. The van der Waals surface area contributed by atoms with Crippen LogP contribution in [0.15, 0.2) is 77.4 Å². The molecule has 0 aliphatic carbocycles. The van der Waals surface area contributed by atoms with Crippen molar-refractivity contribution in [2.75, 3.05) is 18.1 Å². The molecule has 0 bridgehead atoms. The molecule has 3 aromatic rings. The van der Waals surface area contributed by atoms with Gasteiger partial charge in [0.2, 0.25) is 0 Å². The highest BCUT2D eigenvalue weighted by Gasteiger charge is 2.37. The normalized spacial score (nSPS) is 14.6. The molecule has 4 rings (SSSR count). The lowest BCUT2D eigenvalue weighted by Gasteiger charge is -2.35. The van der Waals surface area contributed by atoms with E-state index in [1.165, 1.54) is 16.1 Å². The molecule has 0 spiro atoms. The van der Waals surface area contributed by atoms with Crippen molar-refractivity contribution in [1.82, 2.24) is 4.90 Å². The minimum Gasteiger partial charge on any atom is -0.459 e. The maximum atomic E-state index is 13.1. The van der Waals surface area contributed by atoms with Gasteiger partial charge in [-0.05, 0) is 35.4 Å². The second kappa shape index (κ2) is 10.5. The first-order chi connectivity index (χ1) is 16.6. The zero-order valence-corrected chi connectivity index (χ0v) is 18.4. The summed E-state index contributed by atoms with van der Waals surface area (Å²) in [6, 6.07) is 20.7. The van der Waals surface area contributed by atoms with Crippen molar-refractivity contribution < 1.29 is 23.5 Å². The van der Waals surface area contributed by atoms with Crippen LogP contribution in [0.4, 0.5) is 5.69 Å². The van der Waals surface area contributed by atoms with Gasteiger partial charge in [0.05, 0.1) is 18.8 Å². The Labute approximate surface area is 196 Å². The second-order valence-electron chi connectivity index (χ2n) is 7.80. The van der Waals surface area contributed by atoms with Crippen LogP contribution in [0.5, 0.6) is 0 Å². The van der Waals surface area contributed by atoms with Crippen LogP contribution in [-0.2, 0) is 27.3 Å². The first-order valence-corrected chi connectivity index (χ1v) is 10.9. The van der Waals surface area contributed by atoms with Crippen molar-refractivity contribution >= 4 is 23.5 Å². The number of carbonyl (C=O) groups excluding carboxylic acids is 3. The molecular weight excluding hydrogens is 434 g/mol. The number of para-hydroxylation sites is 1. The molecule has 8 nitrogen and oxygen atoms in total. The van der Waals surface area contributed by atoms with Crippen LogP contribution in [0.25, 0.3) is 0 Å². The number of anilines is 1. The second-order valence-corrected chi connectivity index (χ2v) is 7.80. The van der Waals surface area contributed by atoms with E-state index in [0.29, 0.717) is 5.69 Å². The van der Waals surface area contributed by atoms with E-state index in [2.05, 4.69) is 0 Å². The average molecular weight is 457 g/mol. The van der Waals surface area contributed by atoms with Crippen molar-refractivity contribution in [2.45, 2.75) is 25.4 Å². The molecule has 1 aliphatic heterocycles. The maximum absolute atomic E-state index is 13.1. The van der Waals surface area contributed by atoms with Gasteiger partial charge in [-0.3, -0.25) is 9.59 Å². The Morgan fingerprint density at radius 2 is 1.76 bits per heavy atom. The number of esters is 1. The molecule has 0 N–H and O–H groups in total. The highest BCUT2D eigenvalue weighted by Crippen LogP contribution is 2.26. The van der Waals surface area contributed by atoms with Gasteiger partial charge in [-0.15, -0.1) is 0 Å². The number of benzene rings is 2. The van der Waals surface area contributed by atoms with E-state index >= 15 is 0 Å².